The number of nitrogens with one attached hydrogen (secondary N) is 1. The highest BCUT2D eigenvalue weighted by molar-refractivity contribution is 9.11. The number of rotatable bonds is 2. The van der Waals surface area contributed by atoms with Crippen molar-refractivity contribution in [1.82, 2.24) is 0 Å². The van der Waals surface area contributed by atoms with Crippen LogP contribution in [0.15, 0.2) is 33.2 Å². The topological polar surface area (TPSA) is 42.2 Å². The van der Waals surface area contributed by atoms with Gasteiger partial charge in [-0.05, 0) is 36.2 Å². The highest BCUT2D eigenvalue weighted by atomic mass is 79.9. The second kappa shape index (κ2) is 4.80. The Kier molecular flexibility index (Phi) is 3.27. The second-order valence-electron chi connectivity index (χ2n) is 4.57. The highest BCUT2D eigenvalue weighted by Crippen LogP contribution is 2.39. The highest BCUT2D eigenvalue weighted by Gasteiger charge is 2.23. The average Bonchev–Trinajstić information content (AvgIpc) is 2.92. The van der Waals surface area contributed by atoms with E-state index in [9.17, 15) is 4.79 Å². The van der Waals surface area contributed by atoms with Gasteiger partial charge in [0, 0.05) is 10.2 Å². The van der Waals surface area contributed by atoms with Gasteiger partial charge in [0.1, 0.15) is 11.5 Å². The zero-order valence-corrected chi connectivity index (χ0v) is 13.3. The Hall–Kier alpha value is -1.07. The molecule has 98 valence electrons. The fraction of sp³-hybridized carbons (Fsp3) is 0.214. The monoisotopic (exact) mass is 383 g/mol. The summed E-state index contributed by atoms with van der Waals surface area (Å²) in [6.07, 6.45) is 0.437. The molecule has 1 aliphatic heterocycles. The van der Waals surface area contributed by atoms with Crippen LogP contribution >= 0.6 is 31.9 Å². The van der Waals surface area contributed by atoms with Gasteiger partial charge in [-0.25, -0.2) is 0 Å². The summed E-state index contributed by atoms with van der Waals surface area (Å²) in [4.78, 5) is 11.4. The zero-order valence-electron chi connectivity index (χ0n) is 10.2. The number of carbonyl (C=O) groups is 1. The largest absolute Gasteiger partial charge is 0.465 e. The number of halogens is 2. The summed E-state index contributed by atoms with van der Waals surface area (Å²) < 4.78 is 6.59. The van der Waals surface area contributed by atoms with E-state index < -0.39 is 0 Å². The molecule has 0 bridgehead atoms. The molecular formula is C14H11Br2NO2. The summed E-state index contributed by atoms with van der Waals surface area (Å²) in [5.74, 6) is 1.78. The van der Waals surface area contributed by atoms with E-state index in [-0.39, 0.29) is 10.7 Å². The lowest BCUT2D eigenvalue weighted by Gasteiger charge is -2.12. The van der Waals surface area contributed by atoms with E-state index in [1.165, 1.54) is 0 Å². The number of furan rings is 1. The number of anilines is 1. The third-order valence-corrected chi connectivity index (χ3v) is 4.76. The molecule has 1 unspecified atom stereocenters. The Balaban J connectivity index is 2.02. The van der Waals surface area contributed by atoms with Gasteiger partial charge >= 0.3 is 0 Å². The molecule has 0 spiro atoms. The lowest BCUT2D eigenvalue weighted by Crippen LogP contribution is -2.03. The van der Waals surface area contributed by atoms with E-state index in [0.29, 0.717) is 6.42 Å². The number of benzene rings is 1. The van der Waals surface area contributed by atoms with Crippen molar-refractivity contribution >= 4 is 43.5 Å². The van der Waals surface area contributed by atoms with E-state index in [1.54, 1.807) is 0 Å². The molecule has 19 heavy (non-hydrogen) atoms. The number of alkyl halides is 1. The van der Waals surface area contributed by atoms with Gasteiger partial charge in [-0.2, -0.15) is 0 Å². The van der Waals surface area contributed by atoms with E-state index in [1.807, 2.05) is 31.2 Å². The van der Waals surface area contributed by atoms with Crippen molar-refractivity contribution in [3.05, 3.63) is 51.4 Å². The van der Waals surface area contributed by atoms with Gasteiger partial charge in [0.2, 0.25) is 5.91 Å². The first-order valence-electron chi connectivity index (χ1n) is 5.87. The molecule has 1 aromatic carbocycles. The molecular weight excluding hydrogens is 374 g/mol. The summed E-state index contributed by atoms with van der Waals surface area (Å²) in [6.45, 7) is 1.92. The smallest absolute Gasteiger partial charge is 0.228 e. The molecule has 3 rings (SSSR count). The molecule has 0 fully saturated rings. The Morgan fingerprint density at radius 1 is 1.37 bits per heavy atom. The quantitative estimate of drug-likeness (QED) is 0.783. The Morgan fingerprint density at radius 2 is 2.16 bits per heavy atom. The van der Waals surface area contributed by atoms with Crippen molar-refractivity contribution in [2.75, 3.05) is 5.32 Å². The van der Waals surface area contributed by atoms with Gasteiger partial charge < -0.3 is 9.73 Å². The summed E-state index contributed by atoms with van der Waals surface area (Å²) in [5, 5.41) is 2.84. The van der Waals surface area contributed by atoms with Crippen molar-refractivity contribution in [3.8, 4) is 0 Å². The standard InChI is InChI=1S/C14H11Br2NO2/c1-7-2-3-12(19-7)14(16)9-4-8-5-13(18)17-11(8)6-10(9)15/h2-4,6,14H,5H2,1H3,(H,17,18). The molecule has 0 aliphatic carbocycles. The first-order chi connectivity index (χ1) is 9.04. The molecule has 3 nitrogen and oxygen atoms in total. The second-order valence-corrected chi connectivity index (χ2v) is 6.34. The maximum Gasteiger partial charge on any atom is 0.228 e. The third kappa shape index (κ3) is 2.37. The number of fused-ring (bicyclic) bond motifs is 1. The zero-order chi connectivity index (χ0) is 13.6. The maximum atomic E-state index is 11.4. The minimum atomic E-state index is -0.0309. The predicted molar refractivity (Wildman–Crippen MR) is 80.7 cm³/mol. The van der Waals surface area contributed by atoms with Crippen molar-refractivity contribution in [2.24, 2.45) is 0 Å². The first-order valence-corrected chi connectivity index (χ1v) is 7.58. The molecule has 1 aliphatic rings. The molecule has 1 N–H and O–H groups in total. The molecule has 1 aromatic heterocycles. The van der Waals surface area contributed by atoms with Crippen LogP contribution in [-0.4, -0.2) is 5.91 Å². The SMILES string of the molecule is Cc1ccc(C(Br)c2cc3c(cc2Br)NC(=O)C3)o1. The Morgan fingerprint density at radius 3 is 2.84 bits per heavy atom. The molecule has 1 atom stereocenters. The van der Waals surface area contributed by atoms with Crippen molar-refractivity contribution < 1.29 is 9.21 Å². The number of carbonyl (C=O) groups excluding carboxylic acids is 1. The number of amides is 1. The lowest BCUT2D eigenvalue weighted by atomic mass is 10.0. The minimum Gasteiger partial charge on any atom is -0.465 e. The molecule has 0 saturated heterocycles. The Labute approximate surface area is 127 Å². The van der Waals surface area contributed by atoms with Gasteiger partial charge in [0.25, 0.3) is 0 Å². The van der Waals surface area contributed by atoms with E-state index in [2.05, 4.69) is 37.2 Å². The van der Waals surface area contributed by atoms with Gasteiger partial charge in [0.15, 0.2) is 0 Å². The van der Waals surface area contributed by atoms with Crippen molar-refractivity contribution in [3.63, 3.8) is 0 Å². The van der Waals surface area contributed by atoms with E-state index >= 15 is 0 Å². The van der Waals surface area contributed by atoms with E-state index in [4.69, 9.17) is 4.42 Å². The molecule has 0 saturated carbocycles. The Bertz CT molecular complexity index is 663. The minimum absolute atomic E-state index is 0.0309. The first kappa shape index (κ1) is 12.9. The van der Waals surface area contributed by atoms with Crippen LogP contribution in [0.4, 0.5) is 5.69 Å². The van der Waals surface area contributed by atoms with Crippen LogP contribution in [0.1, 0.15) is 27.5 Å². The molecule has 2 heterocycles. The third-order valence-electron chi connectivity index (χ3n) is 3.13. The fourth-order valence-electron chi connectivity index (χ4n) is 2.20. The van der Waals surface area contributed by atoms with Gasteiger partial charge in [-0.1, -0.05) is 37.9 Å². The fourth-order valence-corrected chi connectivity index (χ4v) is 3.71. The number of hydrogen-bond donors (Lipinski definition) is 1. The lowest BCUT2D eigenvalue weighted by molar-refractivity contribution is -0.115. The van der Waals surface area contributed by atoms with Crippen molar-refractivity contribution in [2.45, 2.75) is 18.2 Å². The van der Waals surface area contributed by atoms with Crippen molar-refractivity contribution in [1.29, 1.82) is 0 Å². The van der Waals surface area contributed by atoms with Gasteiger partial charge in [-0.3, -0.25) is 4.79 Å². The summed E-state index contributed by atoms with van der Waals surface area (Å²) in [7, 11) is 0. The van der Waals surface area contributed by atoms with Crippen LogP contribution in [-0.2, 0) is 11.2 Å². The van der Waals surface area contributed by atoms with Crippen LogP contribution in [0.25, 0.3) is 0 Å². The van der Waals surface area contributed by atoms with E-state index in [0.717, 1.165) is 32.8 Å². The predicted octanol–water partition coefficient (Wildman–Crippen LogP) is 4.33. The summed E-state index contributed by atoms with van der Waals surface area (Å²) >= 11 is 7.20. The molecule has 5 heteroatoms. The molecule has 0 radical (unpaired) electrons. The van der Waals surface area contributed by atoms with Gasteiger partial charge in [-0.15, -0.1) is 0 Å². The molecule has 2 aromatic rings. The van der Waals surface area contributed by atoms with Crippen LogP contribution in [0.2, 0.25) is 0 Å². The number of hydrogen-bond acceptors (Lipinski definition) is 2. The summed E-state index contributed by atoms with van der Waals surface area (Å²) in [6, 6.07) is 7.88. The van der Waals surface area contributed by atoms with Crippen LogP contribution < -0.4 is 5.32 Å². The normalized spacial score (nSPS) is 15.2. The maximum absolute atomic E-state index is 11.4. The van der Waals surface area contributed by atoms with Crippen LogP contribution in [0, 0.1) is 6.92 Å². The summed E-state index contributed by atoms with van der Waals surface area (Å²) in [5.41, 5.74) is 2.97. The van der Waals surface area contributed by atoms with Gasteiger partial charge in [0.05, 0.1) is 11.2 Å². The average molecular weight is 385 g/mol. The van der Waals surface area contributed by atoms with Crippen LogP contribution in [0.3, 0.4) is 0 Å². The molecule has 1 amide bonds. The van der Waals surface area contributed by atoms with Crippen LogP contribution in [0.5, 0.6) is 0 Å². The number of aryl methyl sites for hydroxylation is 1.